The number of nitrogens with zero attached hydrogens (tertiary/aromatic N) is 1. The van der Waals surface area contributed by atoms with Crippen molar-refractivity contribution in [2.75, 3.05) is 30.8 Å². The van der Waals surface area contributed by atoms with Crippen LogP contribution in [0.2, 0.25) is 0 Å². The summed E-state index contributed by atoms with van der Waals surface area (Å²) in [4.78, 5) is 3.85. The van der Waals surface area contributed by atoms with E-state index in [1.54, 1.807) is 0 Å². The van der Waals surface area contributed by atoms with Crippen LogP contribution in [-0.2, 0) is 0 Å². The minimum Gasteiger partial charge on any atom is -0.370 e. The molecule has 17 heavy (non-hydrogen) atoms. The number of hydrogen-bond acceptors (Lipinski definition) is 3. The highest BCUT2D eigenvalue weighted by Gasteiger charge is 2.21. The summed E-state index contributed by atoms with van der Waals surface area (Å²) < 4.78 is 0. The van der Waals surface area contributed by atoms with Crippen molar-refractivity contribution in [3.63, 3.8) is 0 Å². The van der Waals surface area contributed by atoms with Gasteiger partial charge in [-0.1, -0.05) is 13.0 Å². The highest BCUT2D eigenvalue weighted by molar-refractivity contribution is 7.98. The van der Waals surface area contributed by atoms with E-state index in [4.69, 9.17) is 0 Å². The standard InChI is InChI=1S/C14H22N2S/c1-3-8-15-12-7-9-16(11-12)13-5-4-6-14(10-13)17-2/h4-6,10,12,15H,3,7-9,11H2,1-2H3. The van der Waals surface area contributed by atoms with Crippen LogP contribution in [0, 0.1) is 0 Å². The number of hydrogen-bond donors (Lipinski definition) is 1. The fourth-order valence-corrected chi connectivity index (χ4v) is 2.77. The summed E-state index contributed by atoms with van der Waals surface area (Å²) in [5.41, 5.74) is 1.37. The molecule has 1 N–H and O–H groups in total. The van der Waals surface area contributed by atoms with E-state index in [-0.39, 0.29) is 0 Å². The van der Waals surface area contributed by atoms with Gasteiger partial charge in [0, 0.05) is 29.7 Å². The molecule has 1 fully saturated rings. The van der Waals surface area contributed by atoms with Gasteiger partial charge in [-0.15, -0.1) is 11.8 Å². The van der Waals surface area contributed by atoms with Gasteiger partial charge in [-0.05, 0) is 43.8 Å². The van der Waals surface area contributed by atoms with E-state index in [9.17, 15) is 0 Å². The third-order valence-corrected chi connectivity index (χ3v) is 4.02. The Balaban J connectivity index is 1.94. The second-order valence-corrected chi connectivity index (χ2v) is 5.47. The first-order chi connectivity index (χ1) is 8.33. The summed E-state index contributed by atoms with van der Waals surface area (Å²) in [7, 11) is 0. The summed E-state index contributed by atoms with van der Waals surface area (Å²) in [6.07, 6.45) is 4.62. The molecule has 1 aliphatic rings. The van der Waals surface area contributed by atoms with Gasteiger partial charge in [-0.3, -0.25) is 0 Å². The van der Waals surface area contributed by atoms with Crippen LogP contribution in [0.25, 0.3) is 0 Å². The average Bonchev–Trinajstić information content (AvgIpc) is 2.85. The van der Waals surface area contributed by atoms with Crippen molar-refractivity contribution in [1.82, 2.24) is 5.32 Å². The Morgan fingerprint density at radius 2 is 2.35 bits per heavy atom. The van der Waals surface area contributed by atoms with E-state index < -0.39 is 0 Å². The van der Waals surface area contributed by atoms with Gasteiger partial charge in [0.05, 0.1) is 0 Å². The molecule has 1 aromatic rings. The summed E-state index contributed by atoms with van der Waals surface area (Å²) in [5.74, 6) is 0. The molecule has 1 aliphatic heterocycles. The van der Waals surface area contributed by atoms with Gasteiger partial charge in [0.2, 0.25) is 0 Å². The molecule has 1 heterocycles. The molecular weight excluding hydrogens is 228 g/mol. The lowest BCUT2D eigenvalue weighted by Gasteiger charge is -2.19. The smallest absolute Gasteiger partial charge is 0.0377 e. The zero-order valence-electron chi connectivity index (χ0n) is 10.8. The molecule has 1 aromatic carbocycles. The van der Waals surface area contributed by atoms with Crippen LogP contribution in [0.1, 0.15) is 19.8 Å². The molecule has 2 nitrogen and oxygen atoms in total. The maximum Gasteiger partial charge on any atom is 0.0377 e. The van der Waals surface area contributed by atoms with E-state index >= 15 is 0 Å². The molecule has 0 bridgehead atoms. The molecule has 0 spiro atoms. The Morgan fingerprint density at radius 1 is 1.47 bits per heavy atom. The second-order valence-electron chi connectivity index (χ2n) is 4.59. The highest BCUT2D eigenvalue weighted by atomic mass is 32.2. The molecule has 2 rings (SSSR count). The Hall–Kier alpha value is -0.670. The normalized spacial score (nSPS) is 19.9. The molecule has 0 amide bonds. The Bertz CT molecular complexity index is 354. The van der Waals surface area contributed by atoms with E-state index in [2.05, 4.69) is 47.7 Å². The molecule has 1 atom stereocenters. The van der Waals surface area contributed by atoms with Gasteiger partial charge in [-0.2, -0.15) is 0 Å². The van der Waals surface area contributed by atoms with Gasteiger partial charge in [-0.25, -0.2) is 0 Å². The Morgan fingerprint density at radius 3 is 3.12 bits per heavy atom. The lowest BCUT2D eigenvalue weighted by atomic mass is 10.2. The highest BCUT2D eigenvalue weighted by Crippen LogP contribution is 2.25. The summed E-state index contributed by atoms with van der Waals surface area (Å²) in [5, 5.41) is 3.61. The van der Waals surface area contributed by atoms with E-state index in [1.165, 1.54) is 30.0 Å². The molecule has 0 aliphatic carbocycles. The Kier molecular flexibility index (Phi) is 4.75. The van der Waals surface area contributed by atoms with Crippen molar-refractivity contribution in [3.05, 3.63) is 24.3 Å². The lowest BCUT2D eigenvalue weighted by Crippen LogP contribution is -2.32. The molecule has 94 valence electrons. The van der Waals surface area contributed by atoms with Gasteiger partial charge in [0.1, 0.15) is 0 Å². The summed E-state index contributed by atoms with van der Waals surface area (Å²) >= 11 is 1.81. The topological polar surface area (TPSA) is 15.3 Å². The number of benzene rings is 1. The molecule has 0 aromatic heterocycles. The van der Waals surface area contributed by atoms with Crippen LogP contribution >= 0.6 is 11.8 Å². The van der Waals surface area contributed by atoms with Gasteiger partial charge in [0.25, 0.3) is 0 Å². The predicted octanol–water partition coefficient (Wildman–Crippen LogP) is 2.99. The van der Waals surface area contributed by atoms with Gasteiger partial charge in [0.15, 0.2) is 0 Å². The monoisotopic (exact) mass is 250 g/mol. The van der Waals surface area contributed by atoms with Crippen LogP contribution in [0.3, 0.4) is 0 Å². The minimum absolute atomic E-state index is 0.674. The van der Waals surface area contributed by atoms with E-state index in [1.807, 2.05) is 11.8 Å². The van der Waals surface area contributed by atoms with Crippen LogP contribution < -0.4 is 10.2 Å². The SMILES string of the molecule is CCCNC1CCN(c2cccc(SC)c2)C1. The largest absolute Gasteiger partial charge is 0.370 e. The third-order valence-electron chi connectivity index (χ3n) is 3.29. The first-order valence-corrected chi connectivity index (χ1v) is 7.68. The van der Waals surface area contributed by atoms with Crippen LogP contribution in [-0.4, -0.2) is 31.9 Å². The molecule has 0 saturated carbocycles. The summed E-state index contributed by atoms with van der Waals surface area (Å²) in [6.45, 7) is 5.70. The van der Waals surface area contributed by atoms with Crippen LogP contribution in [0.5, 0.6) is 0 Å². The molecule has 0 radical (unpaired) electrons. The van der Waals surface area contributed by atoms with Crippen LogP contribution in [0.15, 0.2) is 29.2 Å². The lowest BCUT2D eigenvalue weighted by molar-refractivity contribution is 0.549. The molecule has 1 saturated heterocycles. The number of anilines is 1. The zero-order chi connectivity index (χ0) is 12.1. The van der Waals surface area contributed by atoms with E-state index in [0.29, 0.717) is 6.04 Å². The molecule has 1 unspecified atom stereocenters. The molecular formula is C14H22N2S. The maximum absolute atomic E-state index is 3.61. The average molecular weight is 250 g/mol. The predicted molar refractivity (Wildman–Crippen MR) is 77.1 cm³/mol. The first kappa shape index (κ1) is 12.8. The molecule has 3 heteroatoms. The maximum atomic E-state index is 3.61. The van der Waals surface area contributed by atoms with Crippen molar-refractivity contribution in [2.45, 2.75) is 30.7 Å². The first-order valence-electron chi connectivity index (χ1n) is 6.46. The van der Waals surface area contributed by atoms with Gasteiger partial charge >= 0.3 is 0 Å². The third kappa shape index (κ3) is 3.39. The van der Waals surface area contributed by atoms with Crippen molar-refractivity contribution in [3.8, 4) is 0 Å². The quantitative estimate of drug-likeness (QED) is 0.809. The fraction of sp³-hybridized carbons (Fsp3) is 0.571. The number of thioether (sulfide) groups is 1. The fourth-order valence-electron chi connectivity index (χ4n) is 2.32. The van der Waals surface area contributed by atoms with Crippen molar-refractivity contribution < 1.29 is 0 Å². The second kappa shape index (κ2) is 6.31. The van der Waals surface area contributed by atoms with E-state index in [0.717, 1.165) is 13.1 Å². The van der Waals surface area contributed by atoms with Crippen molar-refractivity contribution in [2.24, 2.45) is 0 Å². The number of rotatable bonds is 5. The summed E-state index contributed by atoms with van der Waals surface area (Å²) in [6, 6.07) is 9.53. The zero-order valence-corrected chi connectivity index (χ0v) is 11.6. The number of nitrogens with one attached hydrogen (secondary N) is 1. The Labute approximate surface area is 109 Å². The van der Waals surface area contributed by atoms with Gasteiger partial charge < -0.3 is 10.2 Å². The van der Waals surface area contributed by atoms with Crippen LogP contribution in [0.4, 0.5) is 5.69 Å². The minimum atomic E-state index is 0.674. The van der Waals surface area contributed by atoms with Crippen molar-refractivity contribution >= 4 is 17.4 Å². The van der Waals surface area contributed by atoms with Crippen molar-refractivity contribution in [1.29, 1.82) is 0 Å².